The van der Waals surface area contributed by atoms with Crippen molar-refractivity contribution in [3.05, 3.63) is 98.5 Å². The van der Waals surface area contributed by atoms with Crippen LogP contribution in [0, 0.1) is 11.8 Å². The molecular formula is C35H40BrN3O2. The molecule has 0 bridgehead atoms. The molecule has 3 fully saturated rings. The predicted molar refractivity (Wildman–Crippen MR) is 168 cm³/mol. The summed E-state index contributed by atoms with van der Waals surface area (Å²) in [7, 11) is 0. The van der Waals surface area contributed by atoms with Crippen LogP contribution in [0.15, 0.2) is 81.8 Å². The van der Waals surface area contributed by atoms with Gasteiger partial charge in [0.25, 0.3) is 0 Å². The molecule has 0 aromatic heterocycles. The van der Waals surface area contributed by atoms with Gasteiger partial charge in [-0.1, -0.05) is 41.5 Å². The number of piperidine rings is 1. The zero-order valence-electron chi connectivity index (χ0n) is 23.9. The lowest BCUT2D eigenvalue weighted by molar-refractivity contribution is 0.175. The third-order valence-electron chi connectivity index (χ3n) is 9.56. The fraction of sp³-hybridized carbons (Fsp3) is 0.429. The van der Waals surface area contributed by atoms with Crippen LogP contribution in [0.1, 0.15) is 68.1 Å². The Morgan fingerprint density at radius 1 is 0.951 bits per heavy atom. The Balaban J connectivity index is 1.10. The van der Waals surface area contributed by atoms with E-state index < -0.39 is 0 Å². The average Bonchev–Trinajstić information content (AvgIpc) is 3.87. The van der Waals surface area contributed by atoms with Crippen molar-refractivity contribution in [2.75, 3.05) is 26.2 Å². The molecule has 1 saturated heterocycles. The summed E-state index contributed by atoms with van der Waals surface area (Å²) in [6.07, 6.45) is 12.0. The van der Waals surface area contributed by atoms with Gasteiger partial charge >= 0.3 is 0 Å². The maximum absolute atomic E-state index is 9.87. The maximum Gasteiger partial charge on any atom is 0.157 e. The third kappa shape index (κ3) is 5.61. The van der Waals surface area contributed by atoms with Crippen molar-refractivity contribution >= 4 is 21.5 Å². The van der Waals surface area contributed by atoms with Gasteiger partial charge < -0.3 is 20.4 Å². The number of allylic oxidation sites excluding steroid dienone is 5. The first-order chi connectivity index (χ1) is 19.9. The number of hydrogen-bond donors (Lipinski definition) is 3. The van der Waals surface area contributed by atoms with Gasteiger partial charge in [-0.2, -0.15) is 0 Å². The lowest BCUT2D eigenvalue weighted by Crippen LogP contribution is -2.39. The largest absolute Gasteiger partial charge is 0.504 e. The summed E-state index contributed by atoms with van der Waals surface area (Å²) in [6.45, 7) is 7.13. The molecule has 1 unspecified atom stereocenters. The first kappa shape index (κ1) is 26.9. The Labute approximate surface area is 252 Å². The third-order valence-corrected chi connectivity index (χ3v) is 10.2. The minimum atomic E-state index is -0.0566. The van der Waals surface area contributed by atoms with E-state index in [1.807, 2.05) is 6.07 Å². The summed E-state index contributed by atoms with van der Waals surface area (Å²) in [6, 6.07) is 14.3. The van der Waals surface area contributed by atoms with Gasteiger partial charge in [-0.15, -0.1) is 0 Å². The second-order valence-electron chi connectivity index (χ2n) is 12.6. The van der Waals surface area contributed by atoms with Gasteiger partial charge in [-0.3, -0.25) is 4.90 Å². The number of phenolic OH excluding ortho intramolecular Hbond substituents is 2. The lowest BCUT2D eigenvalue weighted by Gasteiger charge is -2.34. The van der Waals surface area contributed by atoms with Crippen LogP contribution in [0.2, 0.25) is 0 Å². The fourth-order valence-electron chi connectivity index (χ4n) is 6.95. The van der Waals surface area contributed by atoms with Crippen molar-refractivity contribution in [3.8, 4) is 11.5 Å². The van der Waals surface area contributed by atoms with Crippen LogP contribution in [0.25, 0.3) is 5.57 Å². The molecule has 5 nitrogen and oxygen atoms in total. The van der Waals surface area contributed by atoms with E-state index in [0.29, 0.717) is 11.8 Å². The van der Waals surface area contributed by atoms with Crippen molar-refractivity contribution < 1.29 is 10.2 Å². The highest BCUT2D eigenvalue weighted by Crippen LogP contribution is 2.55. The van der Waals surface area contributed by atoms with Gasteiger partial charge in [-0.25, -0.2) is 0 Å². The number of benzene rings is 2. The number of likely N-dealkylation sites (tertiary alicyclic amines) is 1. The van der Waals surface area contributed by atoms with E-state index in [2.05, 4.69) is 74.4 Å². The molecule has 214 valence electrons. The molecule has 0 amide bonds. The molecule has 2 saturated carbocycles. The van der Waals surface area contributed by atoms with Crippen LogP contribution in [-0.4, -0.2) is 46.2 Å². The predicted octanol–water partition coefficient (Wildman–Crippen LogP) is 7.36. The molecule has 6 heteroatoms. The second kappa shape index (κ2) is 11.0. The standard InChI is InChI=1S/C35H40BrN3O2/c1-22-10-15-39-34(37-20-23-11-13-38(14-12-23)21-24-6-9-32(40)33(41)17-24)19-29(28-18-30(28)35(39)31(36)16-22)27-5-3-2-4-26(27)25-7-8-25/h2-6,9,16-17,19,23,25,30,37,40-41H,7-8,10-15,18,20-21H2,1H3. The van der Waals surface area contributed by atoms with Crippen molar-refractivity contribution in [1.29, 1.82) is 0 Å². The van der Waals surface area contributed by atoms with Crippen LogP contribution >= 0.6 is 15.9 Å². The van der Waals surface area contributed by atoms with E-state index in [4.69, 9.17) is 0 Å². The van der Waals surface area contributed by atoms with Crippen molar-refractivity contribution in [2.24, 2.45) is 11.8 Å². The Kier molecular flexibility index (Phi) is 7.24. The number of fused-ring (bicyclic) bond motifs is 3. The van der Waals surface area contributed by atoms with Crippen molar-refractivity contribution in [3.63, 3.8) is 0 Å². The lowest BCUT2D eigenvalue weighted by atomic mass is 9.95. The van der Waals surface area contributed by atoms with Gasteiger partial charge in [0.15, 0.2) is 11.5 Å². The SMILES string of the molecule is CC1=CC(Br)=C2C3CC3=C(c3ccccc3C3CC3)C=C(NCC3CCN(Cc4ccc(O)c(O)c4)CC3)N2CC1. The minimum Gasteiger partial charge on any atom is -0.504 e. The summed E-state index contributed by atoms with van der Waals surface area (Å²) < 4.78 is 1.24. The zero-order chi connectivity index (χ0) is 28.1. The maximum atomic E-state index is 9.87. The quantitative estimate of drug-likeness (QED) is 0.285. The van der Waals surface area contributed by atoms with Crippen molar-refractivity contribution in [2.45, 2.75) is 57.9 Å². The van der Waals surface area contributed by atoms with E-state index in [0.717, 1.165) is 69.9 Å². The molecule has 1 atom stereocenters. The fourth-order valence-corrected chi connectivity index (χ4v) is 7.83. The topological polar surface area (TPSA) is 59.0 Å². The Hall–Kier alpha value is -2.96. The molecule has 3 aliphatic heterocycles. The van der Waals surface area contributed by atoms with Crippen LogP contribution < -0.4 is 5.32 Å². The number of nitrogens with one attached hydrogen (secondary N) is 1. The molecule has 0 radical (unpaired) electrons. The zero-order valence-corrected chi connectivity index (χ0v) is 25.5. The van der Waals surface area contributed by atoms with Gasteiger partial charge in [0.2, 0.25) is 0 Å². The number of halogens is 1. The first-order valence-corrected chi connectivity index (χ1v) is 16.1. The Morgan fingerprint density at radius 2 is 1.76 bits per heavy atom. The molecule has 2 aliphatic carbocycles. The van der Waals surface area contributed by atoms with E-state index >= 15 is 0 Å². The summed E-state index contributed by atoms with van der Waals surface area (Å²) >= 11 is 3.99. The molecule has 0 spiro atoms. The highest BCUT2D eigenvalue weighted by molar-refractivity contribution is 9.11. The van der Waals surface area contributed by atoms with Gasteiger partial charge in [0.1, 0.15) is 5.82 Å². The van der Waals surface area contributed by atoms with Gasteiger partial charge in [-0.05, 0) is 133 Å². The number of aromatic hydroxyl groups is 2. The number of nitrogens with zero attached hydrogens (tertiary/aromatic N) is 2. The smallest absolute Gasteiger partial charge is 0.157 e. The van der Waals surface area contributed by atoms with E-state index in [1.54, 1.807) is 17.7 Å². The molecular weight excluding hydrogens is 574 g/mol. The van der Waals surface area contributed by atoms with Gasteiger partial charge in [0, 0.05) is 35.7 Å². The van der Waals surface area contributed by atoms with E-state index in [-0.39, 0.29) is 11.5 Å². The number of rotatable bonds is 7. The van der Waals surface area contributed by atoms with Crippen LogP contribution in [-0.2, 0) is 6.54 Å². The summed E-state index contributed by atoms with van der Waals surface area (Å²) in [4.78, 5) is 5.03. The Bertz CT molecular complexity index is 1480. The van der Waals surface area contributed by atoms with Crippen LogP contribution in [0.4, 0.5) is 0 Å². The number of phenols is 2. The summed E-state index contributed by atoms with van der Waals surface area (Å²) in [5, 5.41) is 23.5. The van der Waals surface area contributed by atoms with Crippen molar-refractivity contribution in [1.82, 2.24) is 15.1 Å². The van der Waals surface area contributed by atoms with Crippen LogP contribution in [0.3, 0.4) is 0 Å². The van der Waals surface area contributed by atoms with E-state index in [9.17, 15) is 10.2 Å². The van der Waals surface area contributed by atoms with Gasteiger partial charge in [0.05, 0.1) is 0 Å². The highest BCUT2D eigenvalue weighted by atomic mass is 79.9. The normalized spacial score (nSPS) is 23.4. The van der Waals surface area contributed by atoms with E-state index in [1.165, 1.54) is 51.1 Å². The average molecular weight is 615 g/mol. The highest BCUT2D eigenvalue weighted by Gasteiger charge is 2.43. The number of hydrogen-bond acceptors (Lipinski definition) is 5. The second-order valence-corrected chi connectivity index (χ2v) is 13.5. The molecule has 7 rings (SSSR count). The minimum absolute atomic E-state index is 0.0380. The molecule has 5 aliphatic rings. The molecule has 3 N–H and O–H groups in total. The summed E-state index contributed by atoms with van der Waals surface area (Å²) in [5.74, 6) is 3.00. The molecule has 2 aromatic rings. The first-order valence-electron chi connectivity index (χ1n) is 15.3. The molecule has 41 heavy (non-hydrogen) atoms. The Morgan fingerprint density at radius 3 is 2.54 bits per heavy atom. The summed E-state index contributed by atoms with van der Waals surface area (Å²) in [5.41, 5.74) is 9.92. The van der Waals surface area contributed by atoms with Crippen LogP contribution in [0.5, 0.6) is 11.5 Å². The molecule has 2 aromatic carbocycles. The molecule has 3 heterocycles. The monoisotopic (exact) mass is 613 g/mol.